The number of anilines is 3. The Bertz CT molecular complexity index is 3300. The van der Waals surface area contributed by atoms with Crippen molar-refractivity contribution in [3.8, 4) is 55.6 Å². The minimum absolute atomic E-state index is 0.897. The summed E-state index contributed by atoms with van der Waals surface area (Å²) in [6.07, 6.45) is 0. The lowest BCUT2D eigenvalue weighted by Crippen LogP contribution is -2.11. The van der Waals surface area contributed by atoms with Gasteiger partial charge in [0.15, 0.2) is 0 Å². The summed E-state index contributed by atoms with van der Waals surface area (Å²) in [6, 6.07) is 84.9. The zero-order chi connectivity index (χ0) is 39.8. The molecule has 0 aliphatic rings. The number of nitrogens with zero attached hydrogens (tertiary/aromatic N) is 1. The summed E-state index contributed by atoms with van der Waals surface area (Å²) >= 11 is 0. The van der Waals surface area contributed by atoms with Gasteiger partial charge in [0.2, 0.25) is 0 Å². The Morgan fingerprint density at radius 2 is 0.767 bits per heavy atom. The molecule has 0 saturated carbocycles. The van der Waals surface area contributed by atoms with Crippen LogP contribution >= 0.6 is 0 Å². The largest absolute Gasteiger partial charge is 0.456 e. The molecule has 0 radical (unpaired) electrons. The zero-order valence-electron chi connectivity index (χ0n) is 32.9. The van der Waals surface area contributed by atoms with Crippen molar-refractivity contribution in [2.75, 3.05) is 4.90 Å². The molecule has 11 rings (SSSR count). The molecule has 10 aromatic carbocycles. The highest BCUT2D eigenvalue weighted by molar-refractivity contribution is 6.12. The highest BCUT2D eigenvalue weighted by atomic mass is 16.3. The first-order valence-corrected chi connectivity index (χ1v) is 20.5. The summed E-state index contributed by atoms with van der Waals surface area (Å²) in [5.74, 6) is 0. The van der Waals surface area contributed by atoms with Crippen LogP contribution in [-0.4, -0.2) is 0 Å². The lowest BCUT2D eigenvalue weighted by atomic mass is 9.94. The second-order valence-electron chi connectivity index (χ2n) is 15.3. The summed E-state index contributed by atoms with van der Waals surface area (Å²) in [7, 11) is 0. The van der Waals surface area contributed by atoms with Crippen molar-refractivity contribution < 1.29 is 4.42 Å². The number of benzene rings is 10. The maximum atomic E-state index is 6.27. The van der Waals surface area contributed by atoms with E-state index in [2.05, 4.69) is 229 Å². The van der Waals surface area contributed by atoms with Gasteiger partial charge in [-0.05, 0) is 115 Å². The van der Waals surface area contributed by atoms with E-state index in [1.54, 1.807) is 0 Å². The van der Waals surface area contributed by atoms with E-state index in [1.807, 2.05) is 12.1 Å². The third kappa shape index (κ3) is 6.41. The monoisotopic (exact) mass is 765 g/mol. The summed E-state index contributed by atoms with van der Waals surface area (Å²) in [4.78, 5) is 2.39. The average Bonchev–Trinajstić information content (AvgIpc) is 3.72. The van der Waals surface area contributed by atoms with E-state index in [4.69, 9.17) is 4.42 Å². The SMILES string of the molecule is c1ccc(-c2cccc(-c3ccc(N(c4ccc(-c5cccc6oc7ccccc7c56)cc4)c4ccccc4-c4cccc(-c5cccc6ccccc56)c4)cc3)c2)cc1. The van der Waals surface area contributed by atoms with E-state index in [1.165, 1.54) is 44.2 Å². The van der Waals surface area contributed by atoms with E-state index in [9.17, 15) is 0 Å². The molecule has 0 unspecified atom stereocenters. The Hall–Kier alpha value is -7.94. The van der Waals surface area contributed by atoms with E-state index in [0.717, 1.165) is 61.3 Å². The fraction of sp³-hybridized carbons (Fsp3) is 0. The third-order valence-electron chi connectivity index (χ3n) is 11.7. The maximum absolute atomic E-state index is 6.27. The summed E-state index contributed by atoms with van der Waals surface area (Å²) in [5, 5.41) is 4.76. The van der Waals surface area contributed by atoms with Crippen molar-refractivity contribution in [2.45, 2.75) is 0 Å². The van der Waals surface area contributed by atoms with Gasteiger partial charge in [-0.25, -0.2) is 0 Å². The molecular formula is C58H39NO. The van der Waals surface area contributed by atoms with Crippen LogP contribution in [0.5, 0.6) is 0 Å². The Kier molecular flexibility index (Phi) is 8.87. The molecule has 0 aliphatic heterocycles. The van der Waals surface area contributed by atoms with Gasteiger partial charge in [-0.1, -0.05) is 182 Å². The van der Waals surface area contributed by atoms with Crippen LogP contribution in [0.3, 0.4) is 0 Å². The first kappa shape index (κ1) is 35.2. The molecule has 0 amide bonds. The van der Waals surface area contributed by atoms with Gasteiger partial charge in [-0.15, -0.1) is 0 Å². The number of furan rings is 1. The molecule has 282 valence electrons. The lowest BCUT2D eigenvalue weighted by Gasteiger charge is -2.28. The molecule has 60 heavy (non-hydrogen) atoms. The first-order valence-electron chi connectivity index (χ1n) is 20.5. The number of fused-ring (bicyclic) bond motifs is 4. The molecule has 1 heterocycles. The topological polar surface area (TPSA) is 16.4 Å². The van der Waals surface area contributed by atoms with Gasteiger partial charge in [0.05, 0.1) is 5.69 Å². The first-order chi connectivity index (χ1) is 29.7. The molecule has 0 atom stereocenters. The minimum atomic E-state index is 0.897. The van der Waals surface area contributed by atoms with Crippen LogP contribution in [-0.2, 0) is 0 Å². The molecule has 0 saturated heterocycles. The van der Waals surface area contributed by atoms with Gasteiger partial charge in [-0.2, -0.15) is 0 Å². The molecular weight excluding hydrogens is 727 g/mol. The number of para-hydroxylation sites is 2. The van der Waals surface area contributed by atoms with Crippen LogP contribution < -0.4 is 4.90 Å². The van der Waals surface area contributed by atoms with Crippen molar-refractivity contribution >= 4 is 49.8 Å². The highest BCUT2D eigenvalue weighted by Gasteiger charge is 2.19. The van der Waals surface area contributed by atoms with Gasteiger partial charge < -0.3 is 9.32 Å². The van der Waals surface area contributed by atoms with Crippen molar-refractivity contribution in [1.29, 1.82) is 0 Å². The minimum Gasteiger partial charge on any atom is -0.456 e. The quantitative estimate of drug-likeness (QED) is 0.153. The molecule has 0 aliphatic carbocycles. The predicted octanol–water partition coefficient (Wildman–Crippen LogP) is 16.5. The molecule has 0 N–H and O–H groups in total. The summed E-state index contributed by atoms with van der Waals surface area (Å²) < 4.78 is 6.27. The third-order valence-corrected chi connectivity index (χ3v) is 11.7. The Morgan fingerprint density at radius 3 is 1.55 bits per heavy atom. The molecule has 0 fully saturated rings. The van der Waals surface area contributed by atoms with Gasteiger partial charge in [0.25, 0.3) is 0 Å². The van der Waals surface area contributed by atoms with Crippen LogP contribution in [0.4, 0.5) is 17.1 Å². The van der Waals surface area contributed by atoms with Crippen molar-refractivity contribution in [1.82, 2.24) is 0 Å². The Morgan fingerprint density at radius 1 is 0.283 bits per heavy atom. The second kappa shape index (κ2) is 15.1. The summed E-state index contributed by atoms with van der Waals surface area (Å²) in [6.45, 7) is 0. The molecule has 2 heteroatoms. The van der Waals surface area contributed by atoms with Gasteiger partial charge in [0, 0.05) is 27.7 Å². The fourth-order valence-electron chi connectivity index (χ4n) is 8.79. The molecule has 2 nitrogen and oxygen atoms in total. The maximum Gasteiger partial charge on any atom is 0.136 e. The normalized spacial score (nSPS) is 11.3. The van der Waals surface area contributed by atoms with Crippen LogP contribution in [0.15, 0.2) is 241 Å². The lowest BCUT2D eigenvalue weighted by molar-refractivity contribution is 0.669. The van der Waals surface area contributed by atoms with Crippen molar-refractivity contribution in [3.05, 3.63) is 237 Å². The van der Waals surface area contributed by atoms with Crippen molar-refractivity contribution in [3.63, 3.8) is 0 Å². The van der Waals surface area contributed by atoms with E-state index in [0.29, 0.717) is 0 Å². The number of hydrogen-bond donors (Lipinski definition) is 0. The summed E-state index contributed by atoms with van der Waals surface area (Å²) in [5.41, 5.74) is 16.8. The van der Waals surface area contributed by atoms with Gasteiger partial charge in [0.1, 0.15) is 11.2 Å². The zero-order valence-corrected chi connectivity index (χ0v) is 32.9. The smallest absolute Gasteiger partial charge is 0.136 e. The fourth-order valence-corrected chi connectivity index (χ4v) is 8.79. The molecule has 0 spiro atoms. The van der Waals surface area contributed by atoms with E-state index < -0.39 is 0 Å². The Balaban J connectivity index is 1.03. The van der Waals surface area contributed by atoms with Crippen LogP contribution in [0, 0.1) is 0 Å². The number of hydrogen-bond acceptors (Lipinski definition) is 2. The molecule has 0 bridgehead atoms. The van der Waals surface area contributed by atoms with Crippen molar-refractivity contribution in [2.24, 2.45) is 0 Å². The van der Waals surface area contributed by atoms with E-state index in [-0.39, 0.29) is 0 Å². The molecule has 11 aromatic rings. The van der Waals surface area contributed by atoms with Crippen LogP contribution in [0.2, 0.25) is 0 Å². The predicted molar refractivity (Wildman–Crippen MR) is 253 cm³/mol. The van der Waals surface area contributed by atoms with Gasteiger partial charge in [-0.3, -0.25) is 0 Å². The second-order valence-corrected chi connectivity index (χ2v) is 15.3. The van der Waals surface area contributed by atoms with E-state index >= 15 is 0 Å². The van der Waals surface area contributed by atoms with Crippen LogP contribution in [0.1, 0.15) is 0 Å². The highest BCUT2D eigenvalue weighted by Crippen LogP contribution is 2.44. The average molecular weight is 766 g/mol. The number of rotatable bonds is 8. The standard InChI is InChI=1S/C58H39NO/c1-2-14-40(15-3-1)44-18-10-19-45(38-44)41-30-34-48(35-31-41)59(49-36-32-43(33-37-49)53-26-13-29-57-58(53)54-24-7-9-28-56(54)60-57)55-27-8-6-23-52(55)47-21-11-20-46(39-47)51-25-12-17-42-16-4-5-22-50(42)51/h1-39H. The van der Waals surface area contributed by atoms with Gasteiger partial charge >= 0.3 is 0 Å². The molecule has 1 aromatic heterocycles. The van der Waals surface area contributed by atoms with Crippen LogP contribution in [0.25, 0.3) is 88.3 Å². The Labute approximate surface area is 349 Å².